The van der Waals surface area contributed by atoms with E-state index in [2.05, 4.69) is 30.1 Å². The number of hydrogen-bond acceptors (Lipinski definition) is 2. The van der Waals surface area contributed by atoms with Crippen molar-refractivity contribution in [2.75, 3.05) is 26.7 Å². The van der Waals surface area contributed by atoms with Crippen molar-refractivity contribution in [3.63, 3.8) is 0 Å². The quantitative estimate of drug-likeness (QED) is 0.650. The fourth-order valence-electron chi connectivity index (χ4n) is 1.92. The molecule has 1 unspecified atom stereocenters. The summed E-state index contributed by atoms with van der Waals surface area (Å²) in [6, 6.07) is 0.574. The van der Waals surface area contributed by atoms with Crippen molar-refractivity contribution >= 4 is 0 Å². The van der Waals surface area contributed by atoms with Crippen LogP contribution in [0.3, 0.4) is 0 Å². The smallest absolute Gasteiger partial charge is 0.0575 e. The predicted octanol–water partition coefficient (Wildman–Crippen LogP) is 0.940. The average Bonchev–Trinajstić information content (AvgIpc) is 2.15. The molecule has 13 heavy (non-hydrogen) atoms. The van der Waals surface area contributed by atoms with Gasteiger partial charge in [0, 0.05) is 6.04 Å². The topological polar surface area (TPSA) is 15.3 Å². The van der Waals surface area contributed by atoms with Gasteiger partial charge in [-0.05, 0) is 45.8 Å². The van der Waals surface area contributed by atoms with E-state index in [9.17, 15) is 0 Å². The van der Waals surface area contributed by atoms with Crippen LogP contribution in [0.25, 0.3) is 0 Å². The van der Waals surface area contributed by atoms with Crippen LogP contribution in [0, 0.1) is 18.3 Å². The molecule has 0 saturated carbocycles. The van der Waals surface area contributed by atoms with Crippen LogP contribution in [0.2, 0.25) is 0 Å². The first-order chi connectivity index (χ1) is 6.24. The van der Waals surface area contributed by atoms with Gasteiger partial charge in [0.2, 0.25) is 0 Å². The summed E-state index contributed by atoms with van der Waals surface area (Å²) in [7, 11) is 2.19. The molecule has 0 spiro atoms. The highest BCUT2D eigenvalue weighted by atomic mass is 15.1. The van der Waals surface area contributed by atoms with E-state index in [1.54, 1.807) is 0 Å². The zero-order valence-corrected chi connectivity index (χ0v) is 8.71. The number of hydrogen-bond donors (Lipinski definition) is 1. The third-order valence-corrected chi connectivity index (χ3v) is 3.00. The molecular weight excluding hydrogens is 160 g/mol. The zero-order chi connectivity index (χ0) is 9.68. The predicted molar refractivity (Wildman–Crippen MR) is 56.5 cm³/mol. The Morgan fingerprint density at radius 2 is 2.15 bits per heavy atom. The zero-order valence-electron chi connectivity index (χ0n) is 8.71. The van der Waals surface area contributed by atoms with Crippen LogP contribution in [0.1, 0.15) is 19.8 Å². The Hall–Kier alpha value is -0.520. The van der Waals surface area contributed by atoms with E-state index >= 15 is 0 Å². The largest absolute Gasteiger partial charge is 0.306 e. The highest BCUT2D eigenvalue weighted by Gasteiger charge is 2.21. The Labute approximate surface area is 81.7 Å². The Morgan fingerprint density at radius 3 is 2.69 bits per heavy atom. The highest BCUT2D eigenvalue weighted by Crippen LogP contribution is 2.19. The molecule has 1 rings (SSSR count). The fraction of sp³-hybridized carbons (Fsp3) is 0.818. The fourth-order valence-corrected chi connectivity index (χ4v) is 1.92. The summed E-state index contributed by atoms with van der Waals surface area (Å²) in [6.07, 6.45) is 7.81. The summed E-state index contributed by atoms with van der Waals surface area (Å²) >= 11 is 0. The first-order valence-corrected chi connectivity index (χ1v) is 5.09. The molecule has 1 heterocycles. The standard InChI is InChI=1S/C11H20N2/c1-4-7-12-10(2)11-5-8-13(3)9-6-11/h1,10-12H,5-9H2,2-3H3. The van der Waals surface area contributed by atoms with Gasteiger partial charge in [0.25, 0.3) is 0 Å². The van der Waals surface area contributed by atoms with Crippen LogP contribution in [0.15, 0.2) is 0 Å². The van der Waals surface area contributed by atoms with Gasteiger partial charge >= 0.3 is 0 Å². The third-order valence-electron chi connectivity index (χ3n) is 3.00. The molecule has 0 amide bonds. The first kappa shape index (κ1) is 10.6. The molecule has 0 aromatic rings. The van der Waals surface area contributed by atoms with Gasteiger partial charge < -0.3 is 10.2 Å². The van der Waals surface area contributed by atoms with E-state index in [4.69, 9.17) is 6.42 Å². The second-order valence-electron chi connectivity index (χ2n) is 4.01. The molecule has 0 bridgehead atoms. The van der Waals surface area contributed by atoms with Crippen LogP contribution in [-0.2, 0) is 0 Å². The number of likely N-dealkylation sites (tertiary alicyclic amines) is 1. The van der Waals surface area contributed by atoms with E-state index in [0.29, 0.717) is 12.6 Å². The van der Waals surface area contributed by atoms with E-state index < -0.39 is 0 Å². The molecule has 1 aliphatic heterocycles. The van der Waals surface area contributed by atoms with E-state index in [-0.39, 0.29) is 0 Å². The van der Waals surface area contributed by atoms with Crippen LogP contribution in [-0.4, -0.2) is 37.6 Å². The van der Waals surface area contributed by atoms with Crippen molar-refractivity contribution in [3.8, 4) is 12.3 Å². The summed E-state index contributed by atoms with van der Waals surface area (Å²) in [5.41, 5.74) is 0. The number of piperidine rings is 1. The molecule has 0 aliphatic carbocycles. The molecule has 0 aromatic carbocycles. The second kappa shape index (κ2) is 5.26. The molecule has 74 valence electrons. The monoisotopic (exact) mass is 180 g/mol. The Balaban J connectivity index is 2.24. The molecule has 0 aromatic heterocycles. The van der Waals surface area contributed by atoms with Crippen molar-refractivity contribution in [1.82, 2.24) is 10.2 Å². The third kappa shape index (κ3) is 3.38. The molecular formula is C11H20N2. The number of rotatable bonds is 3. The molecule has 1 atom stereocenters. The van der Waals surface area contributed by atoms with E-state index in [1.165, 1.54) is 25.9 Å². The van der Waals surface area contributed by atoms with Crippen LogP contribution in [0.5, 0.6) is 0 Å². The first-order valence-electron chi connectivity index (χ1n) is 5.09. The molecule has 1 aliphatic rings. The Kier molecular flexibility index (Phi) is 4.27. The maximum absolute atomic E-state index is 5.21. The van der Waals surface area contributed by atoms with Gasteiger partial charge in [-0.2, -0.15) is 0 Å². The Morgan fingerprint density at radius 1 is 1.54 bits per heavy atom. The summed E-state index contributed by atoms with van der Waals surface area (Å²) in [5.74, 6) is 3.43. The lowest BCUT2D eigenvalue weighted by molar-refractivity contribution is 0.192. The van der Waals surface area contributed by atoms with Gasteiger partial charge in [0.15, 0.2) is 0 Å². The minimum Gasteiger partial charge on any atom is -0.306 e. The minimum atomic E-state index is 0.574. The summed E-state index contributed by atoms with van der Waals surface area (Å²) in [6.45, 7) is 5.40. The van der Waals surface area contributed by atoms with Gasteiger partial charge in [0.05, 0.1) is 6.54 Å². The molecule has 1 N–H and O–H groups in total. The lowest BCUT2D eigenvalue weighted by Crippen LogP contribution is -2.40. The second-order valence-corrected chi connectivity index (χ2v) is 4.01. The van der Waals surface area contributed by atoms with Gasteiger partial charge in [-0.1, -0.05) is 5.92 Å². The van der Waals surface area contributed by atoms with E-state index in [0.717, 1.165) is 5.92 Å². The molecule has 0 radical (unpaired) electrons. The summed E-state index contributed by atoms with van der Waals surface area (Å²) in [4.78, 5) is 2.39. The lowest BCUT2D eigenvalue weighted by atomic mass is 9.90. The maximum Gasteiger partial charge on any atom is 0.0575 e. The summed E-state index contributed by atoms with van der Waals surface area (Å²) in [5, 5.41) is 3.36. The van der Waals surface area contributed by atoms with Crippen molar-refractivity contribution in [2.24, 2.45) is 5.92 Å². The highest BCUT2D eigenvalue weighted by molar-refractivity contribution is 4.89. The lowest BCUT2D eigenvalue weighted by Gasteiger charge is -2.32. The Bertz CT molecular complexity index is 175. The molecule has 1 fully saturated rings. The van der Waals surface area contributed by atoms with Gasteiger partial charge in [-0.25, -0.2) is 0 Å². The van der Waals surface area contributed by atoms with Crippen LogP contribution in [0.4, 0.5) is 0 Å². The molecule has 2 heteroatoms. The maximum atomic E-state index is 5.21. The van der Waals surface area contributed by atoms with Crippen LogP contribution < -0.4 is 5.32 Å². The average molecular weight is 180 g/mol. The van der Waals surface area contributed by atoms with Crippen LogP contribution >= 0.6 is 0 Å². The van der Waals surface area contributed by atoms with Gasteiger partial charge in [-0.3, -0.25) is 0 Å². The number of nitrogens with one attached hydrogen (secondary N) is 1. The van der Waals surface area contributed by atoms with Crippen molar-refractivity contribution < 1.29 is 0 Å². The number of nitrogens with zero attached hydrogens (tertiary/aromatic N) is 1. The molecule has 2 nitrogen and oxygen atoms in total. The summed E-state index contributed by atoms with van der Waals surface area (Å²) < 4.78 is 0. The minimum absolute atomic E-state index is 0.574. The molecule has 1 saturated heterocycles. The van der Waals surface area contributed by atoms with Crippen molar-refractivity contribution in [3.05, 3.63) is 0 Å². The number of terminal acetylenes is 1. The van der Waals surface area contributed by atoms with Crippen molar-refractivity contribution in [1.29, 1.82) is 0 Å². The van der Waals surface area contributed by atoms with E-state index in [1.807, 2.05) is 0 Å². The normalized spacial score (nSPS) is 22.5. The SMILES string of the molecule is C#CCNC(C)C1CCN(C)CC1. The van der Waals surface area contributed by atoms with Gasteiger partial charge in [-0.15, -0.1) is 6.42 Å². The van der Waals surface area contributed by atoms with Crippen molar-refractivity contribution in [2.45, 2.75) is 25.8 Å². The van der Waals surface area contributed by atoms with Gasteiger partial charge in [0.1, 0.15) is 0 Å².